The van der Waals surface area contributed by atoms with Crippen molar-refractivity contribution in [3.63, 3.8) is 0 Å². The number of hydrogen-bond donors (Lipinski definition) is 7. The van der Waals surface area contributed by atoms with Crippen LogP contribution in [-0.2, 0) is 14.3 Å². The lowest BCUT2D eigenvalue weighted by Crippen LogP contribution is -2.41. The number of carbonyl (C=O) groups is 9. The summed E-state index contributed by atoms with van der Waals surface area (Å²) in [5, 5.41) is 11.4. The molecule has 10 N–H and O–H groups in total. The highest BCUT2D eigenvalue weighted by Gasteiger charge is 2.30. The molecule has 0 aliphatic carbocycles. The lowest BCUT2D eigenvalue weighted by atomic mass is 9.91. The summed E-state index contributed by atoms with van der Waals surface area (Å²) in [6, 6.07) is 59.4. The van der Waals surface area contributed by atoms with Gasteiger partial charge in [-0.15, -0.1) is 0 Å². The molecule has 0 radical (unpaired) electrons. The standard InChI is InChI=1S/C29H32N4O4.C27H26N4O3.C24H24N4O2.C3H3ClO/c1-29(2,3)37-28(36)33-17-15-19(16-18-33)24-14-13-23(26(30)34)25(32-24)20-9-11-21(12-10-20)27(35)31-22-7-5-4-6-8-22;1-2-24(32)31-16-14-18(15-17-31)23-13-12-22(26(28)33)25(30-23)19-8-10-20(11-9-19)27(34)29-21-6-4-3-5-7-21;25-23(29)20-10-11-21(16-12-14-26-15-13-16)28-22(20)17-6-8-18(9-7-17)24(30)27-19-4-2-1-3-5-19;1-2-3(4)5/h4-14,19H,15-18H2,1-3H3,(H2,30,34)(H,31,35);2-13,18H,1,14-17H2,(H2,28,33)(H,29,34);1-11,16,26H,12-15H2,(H2,25,29)(H,27,30);2H,1H2. The summed E-state index contributed by atoms with van der Waals surface area (Å²) >= 11 is 4.71. The van der Waals surface area contributed by atoms with Crippen molar-refractivity contribution in [3.05, 3.63) is 276 Å². The van der Waals surface area contributed by atoms with E-state index in [0.717, 1.165) is 86.0 Å². The lowest BCUT2D eigenvalue weighted by molar-refractivity contribution is -0.127. The number of rotatable bonds is 17. The monoisotopic (exact) mass is 1440 g/mol. The molecule has 0 bridgehead atoms. The molecule has 544 valence electrons. The van der Waals surface area contributed by atoms with E-state index in [-0.39, 0.29) is 41.6 Å². The number of nitrogens with two attached hydrogens (primary N) is 3. The van der Waals surface area contributed by atoms with E-state index in [1.807, 2.05) is 130 Å². The van der Waals surface area contributed by atoms with E-state index >= 15 is 0 Å². The van der Waals surface area contributed by atoms with Crippen molar-refractivity contribution in [2.24, 2.45) is 17.2 Å². The van der Waals surface area contributed by atoms with Crippen LogP contribution in [0.2, 0.25) is 0 Å². The minimum atomic E-state index is -0.570. The van der Waals surface area contributed by atoms with Gasteiger partial charge in [-0.05, 0) is 205 Å². The lowest BCUT2D eigenvalue weighted by Gasteiger charge is -2.33. The Morgan fingerprint density at radius 1 is 0.434 bits per heavy atom. The van der Waals surface area contributed by atoms with Crippen LogP contribution in [-0.4, -0.2) is 122 Å². The summed E-state index contributed by atoms with van der Waals surface area (Å²) in [4.78, 5) is 126. The second-order valence-electron chi connectivity index (χ2n) is 26.3. The Balaban J connectivity index is 0.000000179. The Morgan fingerprint density at radius 2 is 0.726 bits per heavy atom. The van der Waals surface area contributed by atoms with Gasteiger partial charge < -0.3 is 53.0 Å². The third-order valence-electron chi connectivity index (χ3n) is 17.8. The minimum Gasteiger partial charge on any atom is -0.444 e. The molecule has 3 aliphatic heterocycles. The second-order valence-corrected chi connectivity index (χ2v) is 26.6. The number of halogens is 1. The fourth-order valence-corrected chi connectivity index (χ4v) is 12.2. The van der Waals surface area contributed by atoms with Crippen molar-refractivity contribution in [2.45, 2.75) is 82.7 Å². The van der Waals surface area contributed by atoms with Gasteiger partial charge in [-0.1, -0.05) is 104 Å². The van der Waals surface area contributed by atoms with Gasteiger partial charge in [-0.3, -0.25) is 53.3 Å². The Kier molecular flexibility index (Phi) is 27.4. The molecule has 3 aromatic heterocycles. The summed E-state index contributed by atoms with van der Waals surface area (Å²) in [6.45, 7) is 16.5. The Hall–Kier alpha value is -12.3. The number of para-hydroxylation sites is 3. The van der Waals surface area contributed by atoms with Gasteiger partial charge in [0, 0.05) is 111 Å². The number of primary amides is 3. The maximum Gasteiger partial charge on any atom is 0.410 e. The van der Waals surface area contributed by atoms with Crippen molar-refractivity contribution >= 4 is 81.3 Å². The van der Waals surface area contributed by atoms with Crippen LogP contribution in [0.3, 0.4) is 0 Å². The molecule has 9 aromatic rings. The number of amides is 8. The quantitative estimate of drug-likeness (QED) is 0.0329. The number of aromatic nitrogens is 3. The largest absolute Gasteiger partial charge is 0.444 e. The number of nitrogens with one attached hydrogen (secondary N) is 4. The number of ether oxygens (including phenoxy) is 1. The molecule has 0 atom stereocenters. The molecule has 0 unspecified atom stereocenters. The Morgan fingerprint density at radius 3 is 1.00 bits per heavy atom. The molecular formula is C83H85ClN12O10. The molecule has 6 aromatic carbocycles. The van der Waals surface area contributed by atoms with E-state index in [4.69, 9.17) is 48.5 Å². The van der Waals surface area contributed by atoms with Crippen LogP contribution in [0.15, 0.2) is 226 Å². The highest BCUT2D eigenvalue weighted by Crippen LogP contribution is 2.35. The zero-order valence-electron chi connectivity index (χ0n) is 59.3. The maximum absolute atomic E-state index is 12.6. The van der Waals surface area contributed by atoms with Gasteiger partial charge in [0.1, 0.15) is 5.60 Å². The van der Waals surface area contributed by atoms with Crippen molar-refractivity contribution in [2.75, 3.05) is 55.2 Å². The van der Waals surface area contributed by atoms with Crippen LogP contribution >= 0.6 is 11.6 Å². The molecule has 3 saturated heterocycles. The van der Waals surface area contributed by atoms with Crippen LogP contribution in [0.5, 0.6) is 0 Å². The summed E-state index contributed by atoms with van der Waals surface area (Å²) in [6.07, 6.45) is 7.13. The van der Waals surface area contributed by atoms with E-state index in [9.17, 15) is 43.2 Å². The zero-order chi connectivity index (χ0) is 75.9. The highest BCUT2D eigenvalue weighted by molar-refractivity contribution is 6.66. The summed E-state index contributed by atoms with van der Waals surface area (Å²) in [5.74, 6) is -1.69. The van der Waals surface area contributed by atoms with Gasteiger partial charge in [-0.25, -0.2) is 4.79 Å². The first-order valence-corrected chi connectivity index (χ1v) is 35.1. The molecule has 8 amide bonds. The van der Waals surface area contributed by atoms with Gasteiger partial charge in [0.15, 0.2) is 0 Å². The van der Waals surface area contributed by atoms with Gasteiger partial charge in [-0.2, -0.15) is 0 Å². The van der Waals surface area contributed by atoms with E-state index in [1.165, 1.54) is 6.08 Å². The fourth-order valence-electron chi connectivity index (χ4n) is 12.2. The summed E-state index contributed by atoms with van der Waals surface area (Å²) < 4.78 is 5.49. The van der Waals surface area contributed by atoms with Crippen molar-refractivity contribution < 1.29 is 47.9 Å². The van der Waals surface area contributed by atoms with Crippen molar-refractivity contribution in [3.8, 4) is 33.8 Å². The molecule has 106 heavy (non-hydrogen) atoms. The minimum absolute atomic E-state index is 0.0624. The summed E-state index contributed by atoms with van der Waals surface area (Å²) in [7, 11) is 0. The normalized spacial score (nSPS) is 13.7. The van der Waals surface area contributed by atoms with Gasteiger partial charge in [0.25, 0.3) is 35.4 Å². The third-order valence-corrected chi connectivity index (χ3v) is 17.9. The first kappa shape index (κ1) is 77.9. The number of anilines is 3. The number of nitrogens with zero attached hydrogens (tertiary/aromatic N) is 5. The number of likely N-dealkylation sites (tertiary alicyclic amines) is 2. The van der Waals surface area contributed by atoms with Gasteiger partial charge in [0.05, 0.1) is 33.8 Å². The van der Waals surface area contributed by atoms with Crippen molar-refractivity contribution in [1.29, 1.82) is 0 Å². The number of carbonyl (C=O) groups excluding carboxylic acids is 9. The van der Waals surface area contributed by atoms with Crippen LogP contribution in [0.4, 0.5) is 21.9 Å². The van der Waals surface area contributed by atoms with E-state index < -0.39 is 28.6 Å². The van der Waals surface area contributed by atoms with Crippen LogP contribution in [0, 0.1) is 0 Å². The maximum atomic E-state index is 12.6. The molecule has 0 spiro atoms. The molecule has 3 aliphatic rings. The average molecular weight is 1450 g/mol. The molecule has 6 heterocycles. The third kappa shape index (κ3) is 21.9. The van der Waals surface area contributed by atoms with Crippen LogP contribution in [0.25, 0.3) is 33.8 Å². The molecular weight excluding hydrogens is 1360 g/mol. The van der Waals surface area contributed by atoms with Crippen LogP contribution in [0.1, 0.15) is 156 Å². The number of pyridine rings is 3. The zero-order valence-corrected chi connectivity index (χ0v) is 60.0. The molecule has 3 fully saturated rings. The van der Waals surface area contributed by atoms with Crippen LogP contribution < -0.4 is 38.5 Å². The SMILES string of the molecule is C=CC(=O)Cl.C=CC(=O)N1CCC(c2ccc(C(N)=O)c(-c3ccc(C(=O)Nc4ccccc4)cc3)n2)CC1.CC(C)(C)OC(=O)N1CCC(c2ccc(C(N)=O)c(-c3ccc(C(=O)Nc4ccccc4)cc3)n2)CC1.NC(=O)c1ccc(C2CCNCC2)nc1-c1ccc(C(=O)Nc2ccccc2)cc1. The first-order chi connectivity index (χ1) is 50.9. The second kappa shape index (κ2) is 37.2. The fraction of sp³-hybridized carbons (Fsp3) is 0.229. The number of piperidine rings is 3. The molecule has 12 rings (SSSR count). The number of allylic oxidation sites excluding steroid dienone is 1. The molecule has 22 nitrogen and oxygen atoms in total. The number of benzene rings is 6. The predicted molar refractivity (Wildman–Crippen MR) is 412 cm³/mol. The highest BCUT2D eigenvalue weighted by atomic mass is 35.5. The Labute approximate surface area is 620 Å². The van der Waals surface area contributed by atoms with E-state index in [2.05, 4.69) is 34.4 Å². The first-order valence-electron chi connectivity index (χ1n) is 34.7. The van der Waals surface area contributed by atoms with Gasteiger partial charge >= 0.3 is 6.09 Å². The Bertz CT molecular complexity index is 4610. The van der Waals surface area contributed by atoms with Crippen molar-refractivity contribution in [1.82, 2.24) is 30.1 Å². The van der Waals surface area contributed by atoms with Gasteiger partial charge in [0.2, 0.25) is 11.1 Å². The topological polar surface area (TPSA) is 334 Å². The van der Waals surface area contributed by atoms with E-state index in [0.29, 0.717) is 105 Å². The molecule has 0 saturated carbocycles. The average Bonchev–Trinajstić information content (AvgIpc) is 0.816. The smallest absolute Gasteiger partial charge is 0.410 e. The number of hydrogen-bond acceptors (Lipinski definition) is 14. The van der Waals surface area contributed by atoms with E-state index in [1.54, 1.807) is 101 Å². The predicted octanol–water partition coefficient (Wildman–Crippen LogP) is 13.7. The summed E-state index contributed by atoms with van der Waals surface area (Å²) in [5.41, 5.74) is 27.4. The molecule has 23 heteroatoms.